The average Bonchev–Trinajstić information content (AvgIpc) is 2.65. The van der Waals surface area contributed by atoms with Crippen molar-refractivity contribution in [2.45, 2.75) is 32.9 Å². The van der Waals surface area contributed by atoms with Crippen LogP contribution in [0.15, 0.2) is 6.33 Å². The Morgan fingerprint density at radius 1 is 1.56 bits per heavy atom. The molecule has 0 spiro atoms. The first-order valence-corrected chi connectivity index (χ1v) is 5.13. The molecule has 7 nitrogen and oxygen atoms in total. The van der Waals surface area contributed by atoms with Crippen molar-refractivity contribution in [3.63, 3.8) is 0 Å². The number of tetrazole rings is 1. The highest BCUT2D eigenvalue weighted by Gasteiger charge is 2.21. The third-order valence-corrected chi connectivity index (χ3v) is 2.00. The van der Waals surface area contributed by atoms with Gasteiger partial charge in [0, 0.05) is 13.1 Å². The minimum absolute atomic E-state index is 0.0942. The Labute approximate surface area is 94.0 Å². The van der Waals surface area contributed by atoms with Crippen LogP contribution in [0.5, 0.6) is 0 Å². The van der Waals surface area contributed by atoms with Gasteiger partial charge < -0.3 is 10.0 Å². The number of hydrogen-bond acceptors (Lipinski definition) is 5. The molecule has 0 saturated heterocycles. The standard InChI is InChI=1S/C9H17N5O2/c1-4-13(6-9(2,3)16)8(15)5-14-7-10-11-12-14/h7,16H,4-6H2,1-3H3. The third-order valence-electron chi connectivity index (χ3n) is 2.00. The summed E-state index contributed by atoms with van der Waals surface area (Å²) in [5.41, 5.74) is -0.897. The largest absolute Gasteiger partial charge is 0.389 e. The number of carbonyl (C=O) groups excluding carboxylic acids is 1. The lowest BCUT2D eigenvalue weighted by atomic mass is 10.1. The molecule has 0 aliphatic rings. The normalized spacial score (nSPS) is 11.5. The second-order valence-corrected chi connectivity index (χ2v) is 4.23. The third kappa shape index (κ3) is 3.93. The van der Waals surface area contributed by atoms with Crippen LogP contribution in [-0.4, -0.2) is 54.8 Å². The van der Waals surface area contributed by atoms with Crippen LogP contribution in [0.1, 0.15) is 20.8 Å². The number of nitrogens with zero attached hydrogens (tertiary/aromatic N) is 5. The van der Waals surface area contributed by atoms with Crippen LogP contribution in [0.25, 0.3) is 0 Å². The van der Waals surface area contributed by atoms with E-state index in [1.165, 1.54) is 11.0 Å². The molecule has 0 radical (unpaired) electrons. The Balaban J connectivity index is 2.56. The van der Waals surface area contributed by atoms with E-state index in [4.69, 9.17) is 0 Å². The smallest absolute Gasteiger partial charge is 0.244 e. The Morgan fingerprint density at radius 3 is 2.69 bits per heavy atom. The molecule has 0 aliphatic heterocycles. The van der Waals surface area contributed by atoms with Gasteiger partial charge in [-0.1, -0.05) is 0 Å². The molecule has 0 unspecified atom stereocenters. The zero-order chi connectivity index (χ0) is 12.2. The van der Waals surface area contributed by atoms with Crippen LogP contribution in [0.2, 0.25) is 0 Å². The van der Waals surface area contributed by atoms with Crippen molar-refractivity contribution in [2.24, 2.45) is 0 Å². The summed E-state index contributed by atoms with van der Waals surface area (Å²) in [6.45, 7) is 6.13. The summed E-state index contributed by atoms with van der Waals surface area (Å²) in [5, 5.41) is 20.2. The van der Waals surface area contributed by atoms with Crippen molar-refractivity contribution in [3.05, 3.63) is 6.33 Å². The molecular formula is C9H17N5O2. The van der Waals surface area contributed by atoms with Crippen LogP contribution in [-0.2, 0) is 11.3 Å². The number of likely N-dealkylation sites (N-methyl/N-ethyl adjacent to an activating group) is 1. The minimum atomic E-state index is -0.897. The molecule has 0 saturated carbocycles. The van der Waals surface area contributed by atoms with Crippen LogP contribution in [0.4, 0.5) is 0 Å². The molecule has 90 valence electrons. The maximum absolute atomic E-state index is 11.8. The van der Waals surface area contributed by atoms with E-state index in [2.05, 4.69) is 15.5 Å². The molecule has 0 aliphatic carbocycles. The van der Waals surface area contributed by atoms with E-state index in [0.29, 0.717) is 13.1 Å². The first-order valence-electron chi connectivity index (χ1n) is 5.13. The molecule has 1 aromatic heterocycles. The van der Waals surface area contributed by atoms with Crippen LogP contribution in [0.3, 0.4) is 0 Å². The fraction of sp³-hybridized carbons (Fsp3) is 0.778. The lowest BCUT2D eigenvalue weighted by Crippen LogP contribution is -2.43. The van der Waals surface area contributed by atoms with Crippen LogP contribution in [0, 0.1) is 0 Å². The maximum Gasteiger partial charge on any atom is 0.244 e. The van der Waals surface area contributed by atoms with E-state index in [-0.39, 0.29) is 12.5 Å². The van der Waals surface area contributed by atoms with Gasteiger partial charge in [0.25, 0.3) is 0 Å². The number of amides is 1. The number of rotatable bonds is 5. The van der Waals surface area contributed by atoms with Crippen molar-refractivity contribution in [1.29, 1.82) is 0 Å². The fourth-order valence-electron chi connectivity index (χ4n) is 1.33. The van der Waals surface area contributed by atoms with Crippen molar-refractivity contribution in [2.75, 3.05) is 13.1 Å². The van der Waals surface area contributed by atoms with Gasteiger partial charge in [-0.2, -0.15) is 0 Å². The first kappa shape index (κ1) is 12.6. The van der Waals surface area contributed by atoms with Gasteiger partial charge in [0.2, 0.25) is 5.91 Å². The molecule has 1 rings (SSSR count). The van der Waals surface area contributed by atoms with Gasteiger partial charge in [0.15, 0.2) is 0 Å². The van der Waals surface area contributed by atoms with Crippen molar-refractivity contribution >= 4 is 5.91 Å². The van der Waals surface area contributed by atoms with Crippen LogP contribution < -0.4 is 0 Å². The van der Waals surface area contributed by atoms with Gasteiger partial charge in [-0.15, -0.1) is 5.10 Å². The molecule has 0 bridgehead atoms. The lowest BCUT2D eigenvalue weighted by molar-refractivity contribution is -0.134. The molecule has 16 heavy (non-hydrogen) atoms. The summed E-state index contributed by atoms with van der Waals surface area (Å²) < 4.78 is 1.36. The quantitative estimate of drug-likeness (QED) is 0.718. The second kappa shape index (κ2) is 5.02. The van der Waals surface area contributed by atoms with E-state index >= 15 is 0 Å². The summed E-state index contributed by atoms with van der Waals surface area (Å²) in [5.74, 6) is -0.114. The SMILES string of the molecule is CCN(CC(C)(C)O)C(=O)Cn1cnnn1. The van der Waals surface area contributed by atoms with Gasteiger partial charge in [-0.3, -0.25) is 4.79 Å². The van der Waals surface area contributed by atoms with Gasteiger partial charge in [-0.05, 0) is 31.2 Å². The molecular weight excluding hydrogens is 210 g/mol. The molecule has 1 heterocycles. The van der Waals surface area contributed by atoms with Gasteiger partial charge in [-0.25, -0.2) is 4.68 Å². The van der Waals surface area contributed by atoms with Crippen LogP contribution >= 0.6 is 0 Å². The summed E-state index contributed by atoms with van der Waals surface area (Å²) in [7, 11) is 0. The monoisotopic (exact) mass is 227 g/mol. The fourth-order valence-corrected chi connectivity index (χ4v) is 1.33. The van der Waals surface area contributed by atoms with E-state index in [1.807, 2.05) is 6.92 Å². The molecule has 1 N–H and O–H groups in total. The number of hydrogen-bond donors (Lipinski definition) is 1. The molecule has 0 fully saturated rings. The Kier molecular flexibility index (Phi) is 3.94. The van der Waals surface area contributed by atoms with Gasteiger partial charge >= 0.3 is 0 Å². The zero-order valence-corrected chi connectivity index (χ0v) is 9.79. The van der Waals surface area contributed by atoms with Crippen molar-refractivity contribution in [1.82, 2.24) is 25.1 Å². The molecule has 1 amide bonds. The number of aliphatic hydroxyl groups is 1. The number of carbonyl (C=O) groups is 1. The highest BCUT2D eigenvalue weighted by atomic mass is 16.3. The molecule has 0 atom stereocenters. The highest BCUT2D eigenvalue weighted by Crippen LogP contribution is 2.05. The predicted molar refractivity (Wildman–Crippen MR) is 56.4 cm³/mol. The Morgan fingerprint density at radius 2 is 2.25 bits per heavy atom. The van der Waals surface area contributed by atoms with Gasteiger partial charge in [0.05, 0.1) is 5.60 Å². The zero-order valence-electron chi connectivity index (χ0n) is 9.79. The molecule has 1 aromatic rings. The lowest BCUT2D eigenvalue weighted by Gasteiger charge is -2.27. The second-order valence-electron chi connectivity index (χ2n) is 4.23. The van der Waals surface area contributed by atoms with Crippen molar-refractivity contribution < 1.29 is 9.90 Å². The summed E-state index contributed by atoms with van der Waals surface area (Å²) in [4.78, 5) is 13.4. The number of aromatic nitrogens is 4. The minimum Gasteiger partial charge on any atom is -0.389 e. The van der Waals surface area contributed by atoms with E-state index in [1.54, 1.807) is 18.7 Å². The van der Waals surface area contributed by atoms with E-state index < -0.39 is 5.60 Å². The summed E-state index contributed by atoms with van der Waals surface area (Å²) in [6, 6.07) is 0. The maximum atomic E-state index is 11.8. The van der Waals surface area contributed by atoms with E-state index in [0.717, 1.165) is 0 Å². The topological polar surface area (TPSA) is 84.1 Å². The molecule has 0 aromatic carbocycles. The van der Waals surface area contributed by atoms with Crippen molar-refractivity contribution in [3.8, 4) is 0 Å². The van der Waals surface area contributed by atoms with E-state index in [9.17, 15) is 9.90 Å². The first-order chi connectivity index (χ1) is 7.42. The Bertz CT molecular complexity index is 330. The van der Waals surface area contributed by atoms with Gasteiger partial charge in [0.1, 0.15) is 12.9 Å². The summed E-state index contributed by atoms with van der Waals surface area (Å²) in [6.07, 6.45) is 1.38. The highest BCUT2D eigenvalue weighted by molar-refractivity contribution is 5.75. The predicted octanol–water partition coefficient (Wildman–Crippen LogP) is -0.708. The average molecular weight is 227 g/mol. The summed E-state index contributed by atoms with van der Waals surface area (Å²) >= 11 is 0. The Hall–Kier alpha value is -1.50. The molecule has 7 heteroatoms.